The van der Waals surface area contributed by atoms with Crippen molar-refractivity contribution in [2.45, 2.75) is 25.7 Å². The van der Waals surface area contributed by atoms with E-state index in [2.05, 4.69) is 15.6 Å². The van der Waals surface area contributed by atoms with Crippen LogP contribution in [0.5, 0.6) is 0 Å². The number of hydrogen-bond donors (Lipinski definition) is 2. The number of pyridine rings is 1. The highest BCUT2D eigenvalue weighted by atomic mass is 16.1. The zero-order valence-electron chi connectivity index (χ0n) is 12.0. The summed E-state index contributed by atoms with van der Waals surface area (Å²) in [7, 11) is 0. The average Bonchev–Trinajstić information content (AvgIpc) is 3.15. The van der Waals surface area contributed by atoms with Crippen molar-refractivity contribution < 1.29 is 4.79 Å². The van der Waals surface area contributed by atoms with Crippen LogP contribution < -0.4 is 10.6 Å². The largest absolute Gasteiger partial charge is 0.368 e. The normalized spacial score (nSPS) is 26.3. The molecule has 0 spiro atoms. The van der Waals surface area contributed by atoms with Gasteiger partial charge in [0.25, 0.3) is 0 Å². The molecule has 2 aliphatic carbocycles. The summed E-state index contributed by atoms with van der Waals surface area (Å²) >= 11 is 0. The number of fused-ring (bicyclic) bond motifs is 2. The molecule has 1 heterocycles. The van der Waals surface area contributed by atoms with Crippen LogP contribution in [-0.2, 0) is 4.79 Å². The summed E-state index contributed by atoms with van der Waals surface area (Å²) in [6, 6.07) is 5.53. The van der Waals surface area contributed by atoms with Gasteiger partial charge in [-0.2, -0.15) is 5.26 Å². The van der Waals surface area contributed by atoms with Crippen LogP contribution in [0.25, 0.3) is 0 Å². The first kappa shape index (κ1) is 13.9. The minimum atomic E-state index is 0.219. The Morgan fingerprint density at radius 1 is 1.33 bits per heavy atom. The summed E-state index contributed by atoms with van der Waals surface area (Å²) < 4.78 is 0. The Morgan fingerprint density at radius 2 is 2.24 bits per heavy atom. The Balaban J connectivity index is 1.38. The van der Waals surface area contributed by atoms with Crippen LogP contribution in [0, 0.1) is 29.1 Å². The Morgan fingerprint density at radius 3 is 2.86 bits per heavy atom. The van der Waals surface area contributed by atoms with Crippen molar-refractivity contribution in [2.75, 3.05) is 18.4 Å². The molecule has 2 fully saturated rings. The fourth-order valence-electron chi connectivity index (χ4n) is 3.64. The molecule has 0 saturated heterocycles. The van der Waals surface area contributed by atoms with Gasteiger partial charge < -0.3 is 10.6 Å². The molecule has 0 aromatic carbocycles. The highest BCUT2D eigenvalue weighted by molar-refractivity contribution is 5.79. The predicted molar refractivity (Wildman–Crippen MR) is 79.4 cm³/mol. The van der Waals surface area contributed by atoms with Crippen molar-refractivity contribution in [2.24, 2.45) is 17.8 Å². The van der Waals surface area contributed by atoms with E-state index in [1.54, 1.807) is 12.1 Å². The number of carbonyl (C=O) groups excluding carboxylic acids is 1. The second-order valence-electron chi connectivity index (χ2n) is 6.04. The Hall–Kier alpha value is -2.09. The summed E-state index contributed by atoms with van der Waals surface area (Å²) in [5.74, 6) is 2.62. The number of carbonyl (C=O) groups is 1. The van der Waals surface area contributed by atoms with Gasteiger partial charge in [-0.05, 0) is 43.2 Å². The smallest absolute Gasteiger partial charge is 0.223 e. The van der Waals surface area contributed by atoms with Crippen LogP contribution in [0.2, 0.25) is 0 Å². The molecule has 1 amide bonds. The van der Waals surface area contributed by atoms with E-state index in [0.717, 1.165) is 18.2 Å². The molecule has 3 atom stereocenters. The van der Waals surface area contributed by atoms with Crippen molar-refractivity contribution in [1.82, 2.24) is 10.3 Å². The van der Waals surface area contributed by atoms with Gasteiger partial charge in [-0.25, -0.2) is 4.98 Å². The van der Waals surface area contributed by atoms with Crippen LogP contribution in [0.3, 0.4) is 0 Å². The van der Waals surface area contributed by atoms with Crippen LogP contribution in [0.1, 0.15) is 31.2 Å². The van der Waals surface area contributed by atoms with E-state index in [1.165, 1.54) is 25.5 Å². The number of nitrogens with one attached hydrogen (secondary N) is 2. The van der Waals surface area contributed by atoms with E-state index in [4.69, 9.17) is 5.26 Å². The molecule has 110 valence electrons. The summed E-state index contributed by atoms with van der Waals surface area (Å²) in [5.41, 5.74) is 0.546. The fourth-order valence-corrected chi connectivity index (χ4v) is 3.64. The van der Waals surface area contributed by atoms with E-state index in [1.807, 2.05) is 6.07 Å². The zero-order chi connectivity index (χ0) is 14.7. The van der Waals surface area contributed by atoms with Gasteiger partial charge in [0.05, 0.1) is 5.56 Å². The number of nitrogens with zero attached hydrogens (tertiary/aromatic N) is 2. The van der Waals surface area contributed by atoms with Crippen LogP contribution >= 0.6 is 0 Å². The molecule has 2 bridgehead atoms. The molecule has 21 heavy (non-hydrogen) atoms. The number of anilines is 1. The lowest BCUT2D eigenvalue weighted by molar-refractivity contribution is -0.126. The molecular weight excluding hydrogens is 264 g/mol. The van der Waals surface area contributed by atoms with E-state index >= 15 is 0 Å². The molecule has 2 N–H and O–H groups in total. The Bertz CT molecular complexity index is 548. The third-order valence-corrected chi connectivity index (χ3v) is 4.70. The Kier molecular flexibility index (Phi) is 4.05. The molecule has 5 heteroatoms. The van der Waals surface area contributed by atoms with Crippen molar-refractivity contribution in [3.8, 4) is 6.07 Å². The zero-order valence-corrected chi connectivity index (χ0v) is 12.0. The van der Waals surface area contributed by atoms with Gasteiger partial charge in [-0.1, -0.05) is 6.42 Å². The van der Waals surface area contributed by atoms with Gasteiger partial charge in [0.15, 0.2) is 0 Å². The molecule has 2 aliphatic rings. The summed E-state index contributed by atoms with van der Waals surface area (Å²) in [4.78, 5) is 16.3. The first-order valence-corrected chi connectivity index (χ1v) is 7.64. The van der Waals surface area contributed by atoms with Gasteiger partial charge in [0.1, 0.15) is 11.9 Å². The molecule has 0 radical (unpaired) electrons. The summed E-state index contributed by atoms with van der Waals surface area (Å²) in [5, 5.41) is 14.9. The van der Waals surface area contributed by atoms with Gasteiger partial charge in [-0.3, -0.25) is 4.79 Å². The molecule has 5 nitrogen and oxygen atoms in total. The fraction of sp³-hybridized carbons (Fsp3) is 0.562. The lowest BCUT2D eigenvalue weighted by Gasteiger charge is -2.20. The number of rotatable bonds is 5. The van der Waals surface area contributed by atoms with E-state index in [-0.39, 0.29) is 11.8 Å². The molecule has 3 rings (SSSR count). The summed E-state index contributed by atoms with van der Waals surface area (Å²) in [6.07, 6.45) is 6.43. The molecular formula is C16H20N4O. The molecule has 1 aromatic heterocycles. The topological polar surface area (TPSA) is 77.8 Å². The number of aromatic nitrogens is 1. The van der Waals surface area contributed by atoms with Crippen LogP contribution in [-0.4, -0.2) is 24.0 Å². The van der Waals surface area contributed by atoms with Crippen molar-refractivity contribution >= 4 is 11.7 Å². The monoisotopic (exact) mass is 284 g/mol. The molecule has 2 saturated carbocycles. The van der Waals surface area contributed by atoms with E-state index in [9.17, 15) is 4.79 Å². The highest BCUT2D eigenvalue weighted by Gasteiger charge is 2.42. The van der Waals surface area contributed by atoms with E-state index in [0.29, 0.717) is 24.6 Å². The Labute approximate surface area is 124 Å². The number of hydrogen-bond acceptors (Lipinski definition) is 4. The second-order valence-corrected chi connectivity index (χ2v) is 6.04. The standard InChI is InChI=1S/C16H20N4O/c17-9-12-2-4-15(20-10-12)18-5-6-19-16(21)14-8-11-1-3-13(14)7-11/h2,4,10-11,13-14H,1,3,5-8H2,(H,18,20)(H,19,21)/t11-,13-,14-/m0/s1. The maximum atomic E-state index is 12.1. The third kappa shape index (κ3) is 3.15. The number of amides is 1. The minimum absolute atomic E-state index is 0.219. The first-order chi connectivity index (χ1) is 10.3. The molecule has 0 aliphatic heterocycles. The summed E-state index contributed by atoms with van der Waals surface area (Å²) in [6.45, 7) is 1.25. The maximum Gasteiger partial charge on any atom is 0.223 e. The quantitative estimate of drug-likeness (QED) is 0.810. The average molecular weight is 284 g/mol. The second kappa shape index (κ2) is 6.13. The van der Waals surface area contributed by atoms with Crippen molar-refractivity contribution in [3.05, 3.63) is 23.9 Å². The van der Waals surface area contributed by atoms with Crippen LogP contribution in [0.4, 0.5) is 5.82 Å². The maximum absolute atomic E-state index is 12.1. The predicted octanol–water partition coefficient (Wildman–Crippen LogP) is 1.92. The van der Waals surface area contributed by atoms with Gasteiger partial charge in [-0.15, -0.1) is 0 Å². The minimum Gasteiger partial charge on any atom is -0.368 e. The van der Waals surface area contributed by atoms with E-state index < -0.39 is 0 Å². The number of nitriles is 1. The van der Waals surface area contributed by atoms with Crippen molar-refractivity contribution in [3.63, 3.8) is 0 Å². The molecule has 0 unspecified atom stereocenters. The first-order valence-electron chi connectivity index (χ1n) is 7.64. The van der Waals surface area contributed by atoms with Gasteiger partial charge in [0, 0.05) is 25.2 Å². The van der Waals surface area contributed by atoms with Crippen molar-refractivity contribution in [1.29, 1.82) is 5.26 Å². The molecule has 1 aromatic rings. The van der Waals surface area contributed by atoms with Crippen LogP contribution in [0.15, 0.2) is 18.3 Å². The van der Waals surface area contributed by atoms with Gasteiger partial charge in [0.2, 0.25) is 5.91 Å². The lowest BCUT2D eigenvalue weighted by atomic mass is 9.88. The lowest BCUT2D eigenvalue weighted by Crippen LogP contribution is -2.36. The third-order valence-electron chi connectivity index (χ3n) is 4.70. The van der Waals surface area contributed by atoms with Gasteiger partial charge >= 0.3 is 0 Å². The SMILES string of the molecule is N#Cc1ccc(NCCNC(=O)[C@H]2C[C@H]3CC[C@H]2C3)nc1. The highest BCUT2D eigenvalue weighted by Crippen LogP contribution is 2.48.